The Kier molecular flexibility index (Phi) is 7.13. The topological polar surface area (TPSA) is 76.9 Å². The van der Waals surface area contributed by atoms with E-state index in [1.165, 1.54) is 30.0 Å². The van der Waals surface area contributed by atoms with Crippen molar-refractivity contribution in [2.24, 2.45) is 0 Å². The van der Waals surface area contributed by atoms with E-state index in [0.717, 1.165) is 5.56 Å². The van der Waals surface area contributed by atoms with Crippen molar-refractivity contribution in [2.75, 3.05) is 5.75 Å². The maximum atomic E-state index is 13.8. The normalized spacial score (nSPS) is 10.6. The molecule has 0 fully saturated rings. The molecule has 0 aliphatic carbocycles. The first-order valence-corrected chi connectivity index (χ1v) is 10.3. The zero-order valence-corrected chi connectivity index (χ0v) is 17.3. The predicted octanol–water partition coefficient (Wildman–Crippen LogP) is 3.82. The number of ketones is 1. The number of Topliss-reactive ketones (excluding diaryl/α,β-unsaturated/α-hetero) is 1. The summed E-state index contributed by atoms with van der Waals surface area (Å²) in [6.45, 7) is 6.18. The number of hydrogen-bond donors (Lipinski definition) is 1. The number of nitrogens with one attached hydrogen (secondary N) is 1. The van der Waals surface area contributed by atoms with Crippen LogP contribution in [0.15, 0.2) is 66.3 Å². The van der Waals surface area contributed by atoms with Gasteiger partial charge < -0.3 is 9.88 Å². The molecule has 0 aliphatic rings. The average molecular weight is 425 g/mol. The number of hydrogen-bond acceptors (Lipinski definition) is 5. The highest BCUT2D eigenvalue weighted by atomic mass is 32.2. The Balaban J connectivity index is 1.66. The van der Waals surface area contributed by atoms with Crippen LogP contribution < -0.4 is 5.32 Å². The maximum absolute atomic E-state index is 13.8. The van der Waals surface area contributed by atoms with Crippen LogP contribution in [0.25, 0.3) is 0 Å². The first-order chi connectivity index (χ1) is 14.5. The van der Waals surface area contributed by atoms with Gasteiger partial charge in [-0.2, -0.15) is 0 Å². The second-order valence-electron chi connectivity index (χ2n) is 6.54. The van der Waals surface area contributed by atoms with E-state index in [0.29, 0.717) is 23.1 Å². The summed E-state index contributed by atoms with van der Waals surface area (Å²) >= 11 is 1.27. The molecular weight excluding hydrogens is 403 g/mol. The first kappa shape index (κ1) is 21.4. The van der Waals surface area contributed by atoms with E-state index in [1.54, 1.807) is 28.8 Å². The molecule has 8 heteroatoms. The summed E-state index contributed by atoms with van der Waals surface area (Å²) in [5.74, 6) is -0.439. The van der Waals surface area contributed by atoms with Gasteiger partial charge in [0.1, 0.15) is 5.82 Å². The molecule has 1 heterocycles. The molecule has 1 N–H and O–H groups in total. The van der Waals surface area contributed by atoms with E-state index in [9.17, 15) is 14.0 Å². The van der Waals surface area contributed by atoms with Gasteiger partial charge in [-0.25, -0.2) is 4.39 Å². The Morgan fingerprint density at radius 2 is 1.90 bits per heavy atom. The van der Waals surface area contributed by atoms with Crippen molar-refractivity contribution in [3.05, 3.63) is 89.5 Å². The Morgan fingerprint density at radius 1 is 1.17 bits per heavy atom. The summed E-state index contributed by atoms with van der Waals surface area (Å²) in [6, 6.07) is 13.2. The Hall–Kier alpha value is -3.26. The molecule has 1 aromatic heterocycles. The lowest BCUT2D eigenvalue weighted by atomic mass is 10.1. The van der Waals surface area contributed by atoms with Crippen LogP contribution in [0.2, 0.25) is 0 Å². The van der Waals surface area contributed by atoms with Crippen molar-refractivity contribution in [1.29, 1.82) is 0 Å². The summed E-state index contributed by atoms with van der Waals surface area (Å²) in [5.41, 5.74) is 1.69. The fourth-order valence-electron chi connectivity index (χ4n) is 2.72. The van der Waals surface area contributed by atoms with Gasteiger partial charge in [0, 0.05) is 12.1 Å². The molecule has 3 aromatic rings. The summed E-state index contributed by atoms with van der Waals surface area (Å²) in [5, 5.41) is 11.4. The van der Waals surface area contributed by atoms with E-state index in [4.69, 9.17) is 0 Å². The van der Waals surface area contributed by atoms with Crippen LogP contribution in [0, 0.1) is 12.7 Å². The van der Waals surface area contributed by atoms with Crippen LogP contribution in [-0.2, 0) is 13.1 Å². The van der Waals surface area contributed by atoms with Crippen molar-refractivity contribution < 1.29 is 14.0 Å². The monoisotopic (exact) mass is 424 g/mol. The number of rotatable bonds is 9. The van der Waals surface area contributed by atoms with Gasteiger partial charge in [0.15, 0.2) is 16.8 Å². The molecule has 154 valence electrons. The SMILES string of the molecule is C=CCn1c(CNC(=O)c2ccccc2F)nnc1SCC(=O)c1ccc(C)cc1. The molecule has 0 saturated carbocycles. The van der Waals surface area contributed by atoms with Crippen molar-refractivity contribution in [2.45, 2.75) is 25.2 Å². The first-order valence-electron chi connectivity index (χ1n) is 9.28. The highest BCUT2D eigenvalue weighted by molar-refractivity contribution is 7.99. The summed E-state index contributed by atoms with van der Waals surface area (Å²) in [6.07, 6.45) is 1.68. The third kappa shape index (κ3) is 5.21. The Bertz CT molecular complexity index is 1060. The molecule has 2 aromatic carbocycles. The molecule has 0 saturated heterocycles. The molecule has 0 aliphatic heterocycles. The molecule has 0 spiro atoms. The van der Waals surface area contributed by atoms with Crippen LogP contribution in [0.4, 0.5) is 4.39 Å². The Labute approximate surface area is 178 Å². The van der Waals surface area contributed by atoms with Crippen LogP contribution in [0.1, 0.15) is 32.1 Å². The number of aryl methyl sites for hydroxylation is 1. The lowest BCUT2D eigenvalue weighted by molar-refractivity contribution is 0.0944. The summed E-state index contributed by atoms with van der Waals surface area (Å²) in [7, 11) is 0. The van der Waals surface area contributed by atoms with Gasteiger partial charge in [-0.05, 0) is 19.1 Å². The van der Waals surface area contributed by atoms with E-state index in [1.807, 2.05) is 19.1 Å². The van der Waals surface area contributed by atoms with Gasteiger partial charge in [-0.1, -0.05) is 59.8 Å². The molecular formula is C22H21FN4O2S. The highest BCUT2D eigenvalue weighted by Crippen LogP contribution is 2.19. The zero-order valence-electron chi connectivity index (χ0n) is 16.5. The van der Waals surface area contributed by atoms with Crippen LogP contribution in [0.3, 0.4) is 0 Å². The van der Waals surface area contributed by atoms with Gasteiger partial charge in [0.05, 0.1) is 17.9 Å². The number of carbonyl (C=O) groups is 2. The van der Waals surface area contributed by atoms with Gasteiger partial charge >= 0.3 is 0 Å². The van der Waals surface area contributed by atoms with Gasteiger partial charge in [-0.15, -0.1) is 16.8 Å². The number of thioether (sulfide) groups is 1. The van der Waals surface area contributed by atoms with E-state index in [2.05, 4.69) is 22.1 Å². The average Bonchev–Trinajstić information content (AvgIpc) is 3.13. The third-order valence-corrected chi connectivity index (χ3v) is 5.30. The van der Waals surface area contributed by atoms with E-state index < -0.39 is 11.7 Å². The second kappa shape index (κ2) is 9.98. The molecule has 0 atom stereocenters. The fraction of sp³-hybridized carbons (Fsp3) is 0.182. The van der Waals surface area contributed by atoms with Crippen molar-refractivity contribution in [3.63, 3.8) is 0 Å². The minimum atomic E-state index is -0.589. The molecule has 0 bridgehead atoms. The quantitative estimate of drug-likeness (QED) is 0.321. The van der Waals surface area contributed by atoms with Gasteiger partial charge in [0.25, 0.3) is 5.91 Å². The minimum absolute atomic E-state index is 0.0115. The Morgan fingerprint density at radius 3 is 2.60 bits per heavy atom. The smallest absolute Gasteiger partial charge is 0.254 e. The van der Waals surface area contributed by atoms with Crippen molar-refractivity contribution in [3.8, 4) is 0 Å². The number of halogens is 1. The van der Waals surface area contributed by atoms with Crippen LogP contribution in [0.5, 0.6) is 0 Å². The number of amides is 1. The van der Waals surface area contributed by atoms with E-state index >= 15 is 0 Å². The molecule has 1 amide bonds. The third-order valence-electron chi connectivity index (χ3n) is 4.34. The standard InChI is InChI=1S/C22H21FN4O2S/c1-3-12-27-20(13-24-21(29)17-6-4-5-7-18(17)23)25-26-22(27)30-14-19(28)16-10-8-15(2)9-11-16/h3-11H,1,12-14H2,2H3,(H,24,29). The molecule has 0 unspecified atom stereocenters. The van der Waals surface area contributed by atoms with Crippen molar-refractivity contribution in [1.82, 2.24) is 20.1 Å². The molecule has 30 heavy (non-hydrogen) atoms. The minimum Gasteiger partial charge on any atom is -0.345 e. The van der Waals surface area contributed by atoms with Crippen LogP contribution in [-0.4, -0.2) is 32.2 Å². The fourth-order valence-corrected chi connectivity index (χ4v) is 3.58. The number of aromatic nitrogens is 3. The van der Waals surface area contributed by atoms with Crippen LogP contribution >= 0.6 is 11.8 Å². The lowest BCUT2D eigenvalue weighted by Gasteiger charge is -2.09. The summed E-state index contributed by atoms with van der Waals surface area (Å²) < 4.78 is 15.5. The number of nitrogens with zero attached hydrogens (tertiary/aromatic N) is 3. The molecule has 0 radical (unpaired) electrons. The summed E-state index contributed by atoms with van der Waals surface area (Å²) in [4.78, 5) is 24.7. The number of allylic oxidation sites excluding steroid dienone is 1. The largest absolute Gasteiger partial charge is 0.345 e. The molecule has 3 rings (SSSR count). The van der Waals surface area contributed by atoms with Gasteiger partial charge in [-0.3, -0.25) is 9.59 Å². The zero-order chi connectivity index (χ0) is 21.5. The lowest BCUT2D eigenvalue weighted by Crippen LogP contribution is -2.25. The predicted molar refractivity (Wildman–Crippen MR) is 114 cm³/mol. The van der Waals surface area contributed by atoms with E-state index in [-0.39, 0.29) is 23.6 Å². The maximum Gasteiger partial charge on any atom is 0.254 e. The molecule has 6 nitrogen and oxygen atoms in total. The van der Waals surface area contributed by atoms with Gasteiger partial charge in [0.2, 0.25) is 0 Å². The second-order valence-corrected chi connectivity index (χ2v) is 7.48. The highest BCUT2D eigenvalue weighted by Gasteiger charge is 2.16. The van der Waals surface area contributed by atoms with Crippen molar-refractivity contribution >= 4 is 23.5 Å². The number of carbonyl (C=O) groups excluding carboxylic acids is 2. The number of benzene rings is 2.